The van der Waals surface area contributed by atoms with Crippen LogP contribution in [0.1, 0.15) is 38.2 Å². The number of nitrogens with zero attached hydrogens (tertiary/aromatic N) is 3. The van der Waals surface area contributed by atoms with Gasteiger partial charge < -0.3 is 15.0 Å². The monoisotopic (exact) mass is 336 g/mol. The molecule has 1 aromatic rings. The zero-order valence-corrected chi connectivity index (χ0v) is 14.8. The molecule has 1 aliphatic heterocycles. The molecule has 24 heavy (non-hydrogen) atoms. The Bertz CT molecular complexity index is 558. The van der Waals surface area contributed by atoms with Gasteiger partial charge in [0.2, 0.25) is 11.8 Å². The summed E-state index contributed by atoms with van der Waals surface area (Å²) < 4.78 is 6.98. The highest BCUT2D eigenvalue weighted by atomic mass is 16.5. The quantitative estimate of drug-likeness (QED) is 0.809. The van der Waals surface area contributed by atoms with Crippen molar-refractivity contribution in [2.75, 3.05) is 20.3 Å². The summed E-state index contributed by atoms with van der Waals surface area (Å²) in [5.74, 6) is -0.212. The largest absolute Gasteiger partial charge is 0.385 e. The summed E-state index contributed by atoms with van der Waals surface area (Å²) in [6, 6.07) is -0.410. The van der Waals surface area contributed by atoms with Crippen molar-refractivity contribution < 1.29 is 14.3 Å². The maximum atomic E-state index is 13.0. The molecule has 0 aromatic carbocycles. The van der Waals surface area contributed by atoms with Crippen LogP contribution in [-0.4, -0.2) is 58.8 Å². The molecule has 134 valence electrons. The topological polar surface area (TPSA) is 76.5 Å². The number of likely N-dealkylation sites (tertiary alicyclic amines) is 1. The molecule has 7 heteroatoms. The van der Waals surface area contributed by atoms with Crippen LogP contribution in [0.25, 0.3) is 0 Å². The molecule has 1 aliphatic rings. The Morgan fingerprint density at radius 3 is 2.88 bits per heavy atom. The molecule has 2 atom stereocenters. The van der Waals surface area contributed by atoms with E-state index in [-0.39, 0.29) is 17.9 Å². The number of methoxy groups -OCH3 is 1. The van der Waals surface area contributed by atoms with Crippen molar-refractivity contribution in [3.63, 3.8) is 0 Å². The predicted molar refractivity (Wildman–Crippen MR) is 90.4 cm³/mol. The molecule has 2 heterocycles. The average Bonchev–Trinajstić information content (AvgIpc) is 2.96. The van der Waals surface area contributed by atoms with E-state index in [0.29, 0.717) is 19.6 Å². The molecule has 0 bridgehead atoms. The van der Waals surface area contributed by atoms with Gasteiger partial charge in [-0.1, -0.05) is 0 Å². The van der Waals surface area contributed by atoms with Crippen LogP contribution in [-0.2, 0) is 20.9 Å². The van der Waals surface area contributed by atoms with Crippen LogP contribution in [0.5, 0.6) is 0 Å². The third-order valence-corrected chi connectivity index (χ3v) is 4.36. The van der Waals surface area contributed by atoms with Crippen molar-refractivity contribution in [1.29, 1.82) is 0 Å². The zero-order valence-electron chi connectivity index (χ0n) is 14.8. The van der Waals surface area contributed by atoms with Crippen LogP contribution >= 0.6 is 0 Å². The molecule has 0 radical (unpaired) electrons. The van der Waals surface area contributed by atoms with Crippen LogP contribution < -0.4 is 5.32 Å². The minimum atomic E-state index is -0.526. The first-order chi connectivity index (χ1) is 11.5. The second kappa shape index (κ2) is 8.82. The van der Waals surface area contributed by atoms with Gasteiger partial charge in [-0.25, -0.2) is 0 Å². The van der Waals surface area contributed by atoms with Crippen LogP contribution in [0.2, 0.25) is 0 Å². The van der Waals surface area contributed by atoms with E-state index in [1.807, 2.05) is 28.9 Å². The fourth-order valence-electron chi connectivity index (χ4n) is 3.20. The normalized spacial score (nSPS) is 19.1. The fraction of sp³-hybridized carbons (Fsp3) is 0.706. The standard InChI is InChI=1S/C17H28N4O3/c1-13-10-18-20(11-13)12-15-6-4-5-8-21(15)17(23)16(7-9-24-3)19-14(2)22/h10-11,15-16H,4-9,12H2,1-3H3,(H,19,22)/t15-,16-/m0/s1. The van der Waals surface area contributed by atoms with E-state index in [4.69, 9.17) is 4.74 Å². The Labute approximate surface area is 143 Å². The summed E-state index contributed by atoms with van der Waals surface area (Å²) in [6.45, 7) is 5.30. The molecule has 0 saturated carbocycles. The number of piperidine rings is 1. The molecule has 2 rings (SSSR count). The summed E-state index contributed by atoms with van der Waals surface area (Å²) in [6.07, 6.45) is 7.37. The number of aromatic nitrogens is 2. The van der Waals surface area contributed by atoms with Gasteiger partial charge in [-0.05, 0) is 38.2 Å². The van der Waals surface area contributed by atoms with Gasteiger partial charge in [-0.15, -0.1) is 0 Å². The van der Waals surface area contributed by atoms with E-state index in [1.165, 1.54) is 6.92 Å². The molecule has 1 fully saturated rings. The van der Waals surface area contributed by atoms with Crippen LogP contribution in [0.3, 0.4) is 0 Å². The molecule has 7 nitrogen and oxygen atoms in total. The lowest BCUT2D eigenvalue weighted by Crippen LogP contribution is -2.54. The number of nitrogens with one attached hydrogen (secondary N) is 1. The number of hydrogen-bond donors (Lipinski definition) is 1. The van der Waals surface area contributed by atoms with Gasteiger partial charge in [-0.2, -0.15) is 5.10 Å². The van der Waals surface area contributed by atoms with Crippen molar-refractivity contribution in [1.82, 2.24) is 20.0 Å². The fourth-order valence-corrected chi connectivity index (χ4v) is 3.20. The molecule has 0 spiro atoms. The average molecular weight is 336 g/mol. The first-order valence-electron chi connectivity index (χ1n) is 8.57. The van der Waals surface area contributed by atoms with Crippen LogP contribution in [0, 0.1) is 6.92 Å². The number of aryl methyl sites for hydroxylation is 1. The SMILES string of the molecule is COCC[C@H](NC(C)=O)C(=O)N1CCCC[C@H]1Cn1cc(C)cn1. The molecule has 2 amide bonds. The lowest BCUT2D eigenvalue weighted by Gasteiger charge is -2.38. The maximum absolute atomic E-state index is 13.0. The van der Waals surface area contributed by atoms with E-state index < -0.39 is 6.04 Å². The highest BCUT2D eigenvalue weighted by molar-refractivity contribution is 5.87. The molecule has 1 N–H and O–H groups in total. The summed E-state index contributed by atoms with van der Waals surface area (Å²) in [7, 11) is 1.60. The highest BCUT2D eigenvalue weighted by Gasteiger charge is 2.32. The van der Waals surface area contributed by atoms with Gasteiger partial charge in [0, 0.05) is 33.4 Å². The van der Waals surface area contributed by atoms with Crippen molar-refractivity contribution in [2.45, 2.75) is 58.2 Å². The lowest BCUT2D eigenvalue weighted by molar-refractivity contribution is -0.140. The van der Waals surface area contributed by atoms with Gasteiger partial charge in [0.05, 0.1) is 18.8 Å². The maximum Gasteiger partial charge on any atom is 0.245 e. The summed E-state index contributed by atoms with van der Waals surface area (Å²) >= 11 is 0. The smallest absolute Gasteiger partial charge is 0.245 e. The Hall–Kier alpha value is -1.89. The third-order valence-electron chi connectivity index (χ3n) is 4.36. The number of carbonyl (C=O) groups excluding carboxylic acids is 2. The second-order valence-corrected chi connectivity index (χ2v) is 6.46. The first-order valence-corrected chi connectivity index (χ1v) is 8.57. The van der Waals surface area contributed by atoms with E-state index in [2.05, 4.69) is 10.4 Å². The predicted octanol–water partition coefficient (Wildman–Crippen LogP) is 1.11. The Balaban J connectivity index is 2.08. The highest BCUT2D eigenvalue weighted by Crippen LogP contribution is 2.20. The first kappa shape index (κ1) is 18.4. The van der Waals surface area contributed by atoms with E-state index in [1.54, 1.807) is 7.11 Å². The van der Waals surface area contributed by atoms with E-state index in [0.717, 1.165) is 31.4 Å². The summed E-state index contributed by atoms with van der Waals surface area (Å²) in [5.41, 5.74) is 1.11. The van der Waals surface area contributed by atoms with Crippen molar-refractivity contribution in [2.24, 2.45) is 0 Å². The number of rotatable bonds is 7. The lowest BCUT2D eigenvalue weighted by atomic mass is 10.00. The van der Waals surface area contributed by atoms with Gasteiger partial charge >= 0.3 is 0 Å². The Kier molecular flexibility index (Phi) is 6.78. The number of amides is 2. The zero-order chi connectivity index (χ0) is 17.5. The van der Waals surface area contributed by atoms with Gasteiger partial charge in [0.15, 0.2) is 0 Å². The van der Waals surface area contributed by atoms with Crippen molar-refractivity contribution >= 4 is 11.8 Å². The summed E-state index contributed by atoms with van der Waals surface area (Å²) in [5, 5.41) is 7.10. The second-order valence-electron chi connectivity index (χ2n) is 6.46. The summed E-state index contributed by atoms with van der Waals surface area (Å²) in [4.78, 5) is 26.3. The van der Waals surface area contributed by atoms with Gasteiger partial charge in [0.25, 0.3) is 0 Å². The van der Waals surface area contributed by atoms with E-state index in [9.17, 15) is 9.59 Å². The number of carbonyl (C=O) groups is 2. The minimum Gasteiger partial charge on any atom is -0.385 e. The minimum absolute atomic E-state index is 0.0178. The molecule has 0 unspecified atom stereocenters. The van der Waals surface area contributed by atoms with Crippen molar-refractivity contribution in [3.8, 4) is 0 Å². The molecular weight excluding hydrogens is 308 g/mol. The van der Waals surface area contributed by atoms with Gasteiger partial charge in [-0.3, -0.25) is 14.3 Å². The van der Waals surface area contributed by atoms with Crippen LogP contribution in [0.15, 0.2) is 12.4 Å². The Morgan fingerprint density at radius 2 is 2.25 bits per heavy atom. The van der Waals surface area contributed by atoms with Crippen LogP contribution in [0.4, 0.5) is 0 Å². The Morgan fingerprint density at radius 1 is 1.46 bits per heavy atom. The van der Waals surface area contributed by atoms with E-state index >= 15 is 0 Å². The molecule has 1 saturated heterocycles. The number of hydrogen-bond acceptors (Lipinski definition) is 4. The third kappa shape index (κ3) is 5.06. The van der Waals surface area contributed by atoms with Gasteiger partial charge in [0.1, 0.15) is 6.04 Å². The van der Waals surface area contributed by atoms with Crippen molar-refractivity contribution in [3.05, 3.63) is 18.0 Å². The molecule has 1 aromatic heterocycles. The molecule has 0 aliphatic carbocycles. The number of ether oxygens (including phenoxy) is 1. The molecular formula is C17H28N4O3.